The Kier molecular flexibility index (Phi) is 5.13. The summed E-state index contributed by atoms with van der Waals surface area (Å²) in [6.07, 6.45) is 5.61. The number of nitrogens with zero attached hydrogens (tertiary/aromatic N) is 9. The fourth-order valence-electron chi connectivity index (χ4n) is 5.19. The second-order valence-corrected chi connectivity index (χ2v) is 9.37. The first-order valence-corrected chi connectivity index (χ1v) is 12.3. The third-order valence-electron chi connectivity index (χ3n) is 7.22. The molecule has 12 heteroatoms. The topological polar surface area (TPSA) is 101 Å². The predicted octanol–water partition coefficient (Wildman–Crippen LogP) is 2.27. The Balaban J connectivity index is 1.23. The average Bonchev–Trinajstić information content (AvgIpc) is 3.69. The molecule has 5 aromatic rings. The monoisotopic (exact) mass is 500 g/mol. The molecule has 0 saturated carbocycles. The number of fused-ring (bicyclic) bond motifs is 3. The lowest BCUT2D eigenvalue weighted by Gasteiger charge is -2.34. The zero-order chi connectivity index (χ0) is 24.9. The lowest BCUT2D eigenvalue weighted by Crippen LogP contribution is -2.45. The van der Waals surface area contributed by atoms with Gasteiger partial charge in [0, 0.05) is 67.6 Å². The van der Waals surface area contributed by atoms with E-state index in [-0.39, 0.29) is 12.4 Å². The van der Waals surface area contributed by atoms with Crippen LogP contribution >= 0.6 is 0 Å². The van der Waals surface area contributed by atoms with E-state index in [4.69, 9.17) is 4.74 Å². The number of pyridine rings is 1. The fraction of sp³-hybridized carbons (Fsp3) is 0.320. The van der Waals surface area contributed by atoms with Crippen LogP contribution < -0.4 is 15.0 Å². The minimum absolute atomic E-state index is 0.261. The molecule has 1 aromatic carbocycles. The second kappa shape index (κ2) is 8.66. The molecule has 2 aliphatic rings. The number of hydrogen-bond donors (Lipinski definition) is 1. The molecule has 6 heterocycles. The molecular weight excluding hydrogens is 475 g/mol. The molecule has 0 radical (unpaired) electrons. The lowest BCUT2D eigenvalue weighted by molar-refractivity contribution is 0.311. The van der Waals surface area contributed by atoms with E-state index >= 15 is 0 Å². The number of likely N-dealkylation sites (N-methyl/N-ethyl adjacent to an activating group) is 1. The summed E-state index contributed by atoms with van der Waals surface area (Å²) in [5.41, 5.74) is 4.48. The van der Waals surface area contributed by atoms with Crippen molar-refractivity contribution in [3.63, 3.8) is 0 Å². The molecular formula is C25H25FN10O. The molecule has 37 heavy (non-hydrogen) atoms. The van der Waals surface area contributed by atoms with Crippen molar-refractivity contribution in [3.8, 4) is 16.9 Å². The summed E-state index contributed by atoms with van der Waals surface area (Å²) in [5.74, 6) is 2.01. The van der Waals surface area contributed by atoms with Gasteiger partial charge in [-0.3, -0.25) is 4.40 Å². The zero-order valence-electron chi connectivity index (χ0n) is 20.3. The van der Waals surface area contributed by atoms with Crippen molar-refractivity contribution in [2.45, 2.75) is 13.0 Å². The van der Waals surface area contributed by atoms with E-state index in [0.29, 0.717) is 30.2 Å². The molecule has 1 N–H and O–H groups in total. The van der Waals surface area contributed by atoms with Crippen LogP contribution in [0.2, 0.25) is 0 Å². The smallest absolute Gasteiger partial charge is 0.210 e. The van der Waals surface area contributed by atoms with E-state index in [9.17, 15) is 4.39 Å². The molecule has 1 saturated heterocycles. The van der Waals surface area contributed by atoms with Crippen molar-refractivity contribution < 1.29 is 9.13 Å². The quantitative estimate of drug-likeness (QED) is 0.389. The summed E-state index contributed by atoms with van der Waals surface area (Å²) in [6.45, 7) is 4.70. The average molecular weight is 501 g/mol. The van der Waals surface area contributed by atoms with E-state index in [0.717, 1.165) is 60.1 Å². The first kappa shape index (κ1) is 21.9. The van der Waals surface area contributed by atoms with Crippen LogP contribution in [0.15, 0.2) is 43.1 Å². The van der Waals surface area contributed by atoms with E-state index < -0.39 is 0 Å². The van der Waals surface area contributed by atoms with Crippen LogP contribution in [0.4, 0.5) is 16.2 Å². The van der Waals surface area contributed by atoms with Gasteiger partial charge in [0.25, 0.3) is 0 Å². The summed E-state index contributed by atoms with van der Waals surface area (Å²) in [4.78, 5) is 13.9. The molecule has 0 amide bonds. The summed E-state index contributed by atoms with van der Waals surface area (Å²) >= 11 is 0. The van der Waals surface area contributed by atoms with E-state index in [1.165, 1.54) is 6.07 Å². The predicted molar refractivity (Wildman–Crippen MR) is 135 cm³/mol. The van der Waals surface area contributed by atoms with Gasteiger partial charge in [-0.25, -0.2) is 14.4 Å². The number of anilines is 2. The highest BCUT2D eigenvalue weighted by molar-refractivity contribution is 5.86. The van der Waals surface area contributed by atoms with Crippen LogP contribution in [0.25, 0.3) is 22.4 Å². The maximum absolute atomic E-state index is 14.6. The SMILES string of the molecule is CN1CCN(c2ccc(-c3cnc(NCc4c(F)ccc5c4CCO5)n4cnnc34)c3ncnn23)CC1. The van der Waals surface area contributed by atoms with Crippen LogP contribution in [0.5, 0.6) is 5.75 Å². The van der Waals surface area contributed by atoms with Crippen molar-refractivity contribution in [2.24, 2.45) is 0 Å². The van der Waals surface area contributed by atoms with Crippen molar-refractivity contribution in [2.75, 3.05) is 50.1 Å². The third kappa shape index (κ3) is 3.63. The summed E-state index contributed by atoms with van der Waals surface area (Å²) in [5, 5.41) is 16.3. The molecule has 0 aliphatic carbocycles. The van der Waals surface area contributed by atoms with Crippen LogP contribution in [0, 0.1) is 5.82 Å². The van der Waals surface area contributed by atoms with Crippen molar-refractivity contribution in [1.82, 2.24) is 39.1 Å². The number of hydrogen-bond acceptors (Lipinski definition) is 9. The Morgan fingerprint density at radius 1 is 1.03 bits per heavy atom. The van der Waals surface area contributed by atoms with Gasteiger partial charge in [0.1, 0.15) is 30.0 Å². The van der Waals surface area contributed by atoms with Crippen LogP contribution in [-0.2, 0) is 13.0 Å². The van der Waals surface area contributed by atoms with Crippen molar-refractivity contribution >= 4 is 23.1 Å². The third-order valence-corrected chi connectivity index (χ3v) is 7.22. The van der Waals surface area contributed by atoms with E-state index in [2.05, 4.69) is 53.5 Å². The normalized spacial score (nSPS) is 15.9. The molecule has 1 fully saturated rings. The maximum atomic E-state index is 14.6. The minimum atomic E-state index is -0.261. The summed E-state index contributed by atoms with van der Waals surface area (Å²) in [6, 6.07) is 7.25. The molecule has 0 atom stereocenters. The van der Waals surface area contributed by atoms with Gasteiger partial charge >= 0.3 is 0 Å². The Bertz CT molecular complexity index is 1620. The minimum Gasteiger partial charge on any atom is -0.493 e. The molecule has 4 aromatic heterocycles. The van der Waals surface area contributed by atoms with Crippen LogP contribution in [-0.4, -0.2) is 78.9 Å². The highest BCUT2D eigenvalue weighted by Crippen LogP contribution is 2.32. The second-order valence-electron chi connectivity index (χ2n) is 9.37. The molecule has 0 spiro atoms. The van der Waals surface area contributed by atoms with Gasteiger partial charge in [0.15, 0.2) is 11.3 Å². The standard InChI is InChI=1S/C25H25FN10O/c1-33-7-9-34(10-8-33)22-5-2-17(23-29-14-31-36(22)23)19-13-28-25(35-15-30-32-24(19)35)27-12-18-16-6-11-37-21(16)4-3-20(18)26/h2-5,13-15H,6-12H2,1H3,(H,27,28). The van der Waals surface area contributed by atoms with Gasteiger partial charge in [-0.2, -0.15) is 9.61 Å². The Labute approximate surface area is 211 Å². The van der Waals surface area contributed by atoms with Gasteiger partial charge in [0.2, 0.25) is 5.95 Å². The van der Waals surface area contributed by atoms with Crippen LogP contribution in [0.3, 0.4) is 0 Å². The molecule has 188 valence electrons. The first-order valence-electron chi connectivity index (χ1n) is 12.3. The molecule has 2 aliphatic heterocycles. The van der Waals surface area contributed by atoms with Crippen molar-refractivity contribution in [1.29, 1.82) is 0 Å². The molecule has 0 unspecified atom stereocenters. The van der Waals surface area contributed by atoms with E-state index in [1.807, 2.05) is 10.6 Å². The van der Waals surface area contributed by atoms with E-state index in [1.54, 1.807) is 29.3 Å². The zero-order valence-corrected chi connectivity index (χ0v) is 20.3. The number of piperazine rings is 1. The largest absolute Gasteiger partial charge is 0.493 e. The summed E-state index contributed by atoms with van der Waals surface area (Å²) in [7, 11) is 2.14. The van der Waals surface area contributed by atoms with Gasteiger partial charge in [0.05, 0.1) is 6.61 Å². The fourth-order valence-corrected chi connectivity index (χ4v) is 5.19. The maximum Gasteiger partial charge on any atom is 0.210 e. The molecule has 11 nitrogen and oxygen atoms in total. The Morgan fingerprint density at radius 3 is 2.81 bits per heavy atom. The van der Waals surface area contributed by atoms with Gasteiger partial charge in [-0.1, -0.05) is 0 Å². The number of benzene rings is 1. The number of rotatable bonds is 5. The number of aromatic nitrogens is 7. The summed E-state index contributed by atoms with van der Waals surface area (Å²) < 4.78 is 23.9. The van der Waals surface area contributed by atoms with Crippen LogP contribution in [0.1, 0.15) is 11.1 Å². The molecule has 0 bridgehead atoms. The molecule has 7 rings (SSSR count). The van der Waals surface area contributed by atoms with Gasteiger partial charge in [-0.15, -0.1) is 10.2 Å². The van der Waals surface area contributed by atoms with Crippen molar-refractivity contribution in [3.05, 3.63) is 60.1 Å². The number of ether oxygens (including phenoxy) is 1. The number of nitrogens with one attached hydrogen (secondary N) is 1. The Hall–Kier alpha value is -4.32. The highest BCUT2D eigenvalue weighted by atomic mass is 19.1. The highest BCUT2D eigenvalue weighted by Gasteiger charge is 2.22. The van der Waals surface area contributed by atoms with Gasteiger partial charge < -0.3 is 19.9 Å². The first-order chi connectivity index (χ1) is 18.2. The lowest BCUT2D eigenvalue weighted by atomic mass is 10.0. The van der Waals surface area contributed by atoms with Gasteiger partial charge in [-0.05, 0) is 31.3 Å². The Morgan fingerprint density at radius 2 is 1.92 bits per heavy atom. The number of halogens is 1.